The molecule has 1 saturated heterocycles. The Morgan fingerprint density at radius 2 is 2.20 bits per heavy atom. The van der Waals surface area contributed by atoms with E-state index >= 15 is 0 Å². The largest absolute Gasteiger partial charge is 0.407 e. The van der Waals surface area contributed by atoms with E-state index in [9.17, 15) is 23.7 Å². The van der Waals surface area contributed by atoms with E-state index in [0.717, 1.165) is 11.8 Å². The van der Waals surface area contributed by atoms with E-state index in [-0.39, 0.29) is 23.3 Å². The molecule has 30 heavy (non-hydrogen) atoms. The van der Waals surface area contributed by atoms with Gasteiger partial charge in [-0.05, 0) is 21.0 Å². The molecule has 10 nitrogen and oxygen atoms in total. The Kier molecular flexibility index (Phi) is 8.25. The van der Waals surface area contributed by atoms with Crippen LogP contribution in [0.4, 0.5) is 4.39 Å². The van der Waals surface area contributed by atoms with Gasteiger partial charge < -0.3 is 20.1 Å². The predicted molar refractivity (Wildman–Crippen MR) is 109 cm³/mol. The lowest BCUT2D eigenvalue weighted by atomic mass is 9.96. The van der Waals surface area contributed by atoms with Crippen LogP contribution in [-0.4, -0.2) is 82.9 Å². The van der Waals surface area contributed by atoms with E-state index in [1.807, 2.05) is 0 Å². The molecule has 0 aromatic heterocycles. The number of hydrogen-bond acceptors (Lipinski definition) is 9. The number of carbonyl (C=O) groups excluding carboxylic acids is 2. The third-order valence-electron chi connectivity index (χ3n) is 4.53. The molecule has 13 heteroatoms. The Bertz CT molecular complexity index is 764. The van der Waals surface area contributed by atoms with Gasteiger partial charge in [-0.25, -0.2) is 13.6 Å². The molecule has 0 spiro atoms. The van der Waals surface area contributed by atoms with Crippen molar-refractivity contribution in [3.05, 3.63) is 24.7 Å². The van der Waals surface area contributed by atoms with Gasteiger partial charge in [-0.15, -0.1) is 0 Å². The van der Waals surface area contributed by atoms with Gasteiger partial charge in [0.05, 0.1) is 13.2 Å². The molecule has 0 aromatic carbocycles. The van der Waals surface area contributed by atoms with Crippen LogP contribution in [0.15, 0.2) is 24.7 Å². The highest BCUT2D eigenvalue weighted by Gasteiger charge is 2.56. The Morgan fingerprint density at radius 3 is 2.77 bits per heavy atom. The molecule has 2 aliphatic rings. The second-order valence-electron chi connectivity index (χ2n) is 7.09. The Labute approximate surface area is 179 Å². The fraction of sp³-hybridized carbons (Fsp3) is 0.647. The summed E-state index contributed by atoms with van der Waals surface area (Å²) >= 11 is 1.02. The number of nitrogens with one attached hydrogen (secondary N) is 1. The molecule has 2 heterocycles. The predicted octanol–water partition coefficient (Wildman–Crippen LogP) is 1.20. The van der Waals surface area contributed by atoms with Crippen LogP contribution in [0.1, 0.15) is 13.8 Å². The average Bonchev–Trinajstić information content (AvgIpc) is 2.86. The first-order valence-corrected chi connectivity index (χ1v) is 11.5. The minimum absolute atomic E-state index is 0.00588. The van der Waals surface area contributed by atoms with Gasteiger partial charge in [-0.2, -0.15) is 0 Å². The van der Waals surface area contributed by atoms with Gasteiger partial charge in [0.1, 0.15) is 17.5 Å². The number of alkyl halides is 1. The summed E-state index contributed by atoms with van der Waals surface area (Å²) in [6, 6.07) is 0. The molecule has 0 radical (unpaired) electrons. The van der Waals surface area contributed by atoms with Crippen molar-refractivity contribution in [1.29, 1.82) is 0 Å². The van der Waals surface area contributed by atoms with Crippen LogP contribution in [0.2, 0.25) is 0 Å². The van der Waals surface area contributed by atoms with Crippen LogP contribution >= 0.6 is 19.5 Å². The summed E-state index contributed by atoms with van der Waals surface area (Å²) in [5.74, 6) is -0.0288. The lowest BCUT2D eigenvalue weighted by Gasteiger charge is -2.32. The van der Waals surface area contributed by atoms with Crippen LogP contribution in [0.5, 0.6) is 0 Å². The molecule has 0 aliphatic carbocycles. The summed E-state index contributed by atoms with van der Waals surface area (Å²) in [5, 5.41) is 13.0. The highest BCUT2D eigenvalue weighted by molar-refractivity contribution is 8.13. The molecule has 170 valence electrons. The maximum atomic E-state index is 15.0. The highest BCUT2D eigenvalue weighted by atomic mass is 32.2. The number of amides is 1. The zero-order valence-corrected chi connectivity index (χ0v) is 19.0. The summed E-state index contributed by atoms with van der Waals surface area (Å²) in [5.41, 5.74) is -1.97. The minimum atomic E-state index is -3.76. The summed E-state index contributed by atoms with van der Waals surface area (Å²) in [4.78, 5) is 23.6. The van der Waals surface area contributed by atoms with E-state index in [2.05, 4.69) is 11.9 Å². The number of hydrogen-bond donors (Lipinski definition) is 2. The first-order chi connectivity index (χ1) is 13.9. The molecule has 2 rings (SSSR count). The van der Waals surface area contributed by atoms with Gasteiger partial charge in [0.15, 0.2) is 17.5 Å². The maximum Gasteiger partial charge on any atom is 0.407 e. The van der Waals surface area contributed by atoms with Crippen LogP contribution in [0.25, 0.3) is 0 Å². The quantitative estimate of drug-likeness (QED) is 0.378. The maximum absolute atomic E-state index is 15.0. The molecule has 0 saturated carbocycles. The zero-order chi connectivity index (χ0) is 22.7. The molecule has 1 fully saturated rings. The van der Waals surface area contributed by atoms with Crippen molar-refractivity contribution in [2.45, 2.75) is 38.0 Å². The van der Waals surface area contributed by atoms with Crippen LogP contribution < -0.4 is 5.32 Å². The summed E-state index contributed by atoms with van der Waals surface area (Å²) in [7, 11) is -0.790. The number of halogens is 1. The lowest BCUT2D eigenvalue weighted by Crippen LogP contribution is -2.48. The van der Waals surface area contributed by atoms with Gasteiger partial charge in [-0.3, -0.25) is 18.6 Å². The highest BCUT2D eigenvalue weighted by Crippen LogP contribution is 2.51. The first-order valence-electron chi connectivity index (χ1n) is 9.07. The fourth-order valence-corrected chi connectivity index (χ4v) is 4.51. The van der Waals surface area contributed by atoms with Gasteiger partial charge in [0.2, 0.25) is 0 Å². The van der Waals surface area contributed by atoms with E-state index in [4.69, 9.17) is 13.8 Å². The third kappa shape index (κ3) is 5.70. The van der Waals surface area contributed by atoms with Gasteiger partial charge in [0, 0.05) is 25.0 Å². The Balaban J connectivity index is 2.04. The van der Waals surface area contributed by atoms with Crippen LogP contribution in [-0.2, 0) is 27.9 Å². The van der Waals surface area contributed by atoms with E-state index < -0.39 is 44.4 Å². The van der Waals surface area contributed by atoms with Crippen LogP contribution in [0.3, 0.4) is 0 Å². The summed E-state index contributed by atoms with van der Waals surface area (Å²) < 4.78 is 45.6. The monoisotopic (exact) mass is 467 g/mol. The van der Waals surface area contributed by atoms with Crippen molar-refractivity contribution in [2.24, 2.45) is 0 Å². The van der Waals surface area contributed by atoms with E-state index in [1.54, 1.807) is 0 Å². The van der Waals surface area contributed by atoms with Crippen molar-refractivity contribution in [3.63, 3.8) is 0 Å². The smallest absolute Gasteiger partial charge is 0.384 e. The van der Waals surface area contributed by atoms with Gasteiger partial charge >= 0.3 is 7.75 Å². The minimum Gasteiger partial charge on any atom is -0.384 e. The van der Waals surface area contributed by atoms with Crippen LogP contribution in [0, 0.1) is 0 Å². The molecular weight excluding hydrogens is 440 g/mol. The normalized spacial score (nSPS) is 31.2. The molecule has 2 aliphatic heterocycles. The number of nitrogens with zero attached hydrogens (tertiary/aromatic N) is 2. The van der Waals surface area contributed by atoms with Crippen molar-refractivity contribution in [3.8, 4) is 0 Å². The first kappa shape index (κ1) is 25.0. The Hall–Kier alpha value is -1.27. The Morgan fingerprint density at radius 1 is 1.53 bits per heavy atom. The molecular formula is C17H27FN3O7PS. The molecule has 2 N–H and O–H groups in total. The van der Waals surface area contributed by atoms with Crippen molar-refractivity contribution >= 4 is 30.5 Å². The third-order valence-corrected chi connectivity index (χ3v) is 7.27. The number of carbonyl (C=O) groups is 2. The second kappa shape index (κ2) is 9.90. The van der Waals surface area contributed by atoms with E-state index in [0.29, 0.717) is 0 Å². The van der Waals surface area contributed by atoms with Crippen molar-refractivity contribution < 1.29 is 37.4 Å². The molecule has 2 unspecified atom stereocenters. The van der Waals surface area contributed by atoms with Crippen molar-refractivity contribution in [2.75, 3.05) is 33.1 Å². The number of aliphatic hydroxyl groups is 1. The lowest BCUT2D eigenvalue weighted by molar-refractivity contribution is -0.118. The van der Waals surface area contributed by atoms with Gasteiger partial charge in [0.25, 0.3) is 5.91 Å². The summed E-state index contributed by atoms with van der Waals surface area (Å²) in [6.07, 6.45) is -1.85. The van der Waals surface area contributed by atoms with Crippen molar-refractivity contribution in [1.82, 2.24) is 14.9 Å². The standard InChI is InChI=1S/C17H27FN3O7PS/c1-11-19-14(23)6-7-21(11)16-15(18)17(3,24)13(28-16)10-27-29(25,20(4)5)26-8-9-30-12(2)22/h6-7,13,15-16,24H,1,8-10H2,2-5H3,(H,19,23)/t13-,15-,16-,17?,29?/m1/s1. The summed E-state index contributed by atoms with van der Waals surface area (Å²) in [6.45, 7) is 5.87. The molecule has 0 bridgehead atoms. The number of rotatable bonds is 9. The number of thioether (sulfide) groups is 1. The zero-order valence-electron chi connectivity index (χ0n) is 17.2. The topological polar surface area (TPSA) is 118 Å². The average molecular weight is 467 g/mol. The second-order valence-corrected chi connectivity index (χ2v) is 10.6. The number of ether oxygens (including phenoxy) is 1. The fourth-order valence-electron chi connectivity index (χ4n) is 2.75. The van der Waals surface area contributed by atoms with E-state index in [1.165, 1.54) is 49.8 Å². The van der Waals surface area contributed by atoms with Gasteiger partial charge in [-0.1, -0.05) is 18.3 Å². The molecule has 1 amide bonds. The SMILES string of the molecule is C=C1NC(=O)C=CN1[C@@H]1O[C@H](COP(=O)(OCCSC(C)=O)N(C)C)C(C)(O)[C@@H]1F. The molecule has 5 atom stereocenters. The molecule has 0 aromatic rings.